The summed E-state index contributed by atoms with van der Waals surface area (Å²) < 4.78 is 5.12. The summed E-state index contributed by atoms with van der Waals surface area (Å²) in [5.41, 5.74) is 5.25. The minimum atomic E-state index is -0.358. The molecule has 7 heteroatoms. The van der Waals surface area contributed by atoms with Gasteiger partial charge in [-0.2, -0.15) is 10.2 Å². The standard InChI is InChI=1S/C18H18N4O2S/c1-11-4-9-17(25-11)15-10-16(21-20-15)18(23)22-19-12(2)13-5-7-14(24-3)8-6-13/h4-10H,1-3H3,(H,20,21)(H,22,23). The fraction of sp³-hybridized carbons (Fsp3) is 0.167. The van der Waals surface area contributed by atoms with Crippen molar-refractivity contribution in [2.45, 2.75) is 13.8 Å². The number of ether oxygens (including phenoxy) is 1. The van der Waals surface area contributed by atoms with Crippen LogP contribution in [0.15, 0.2) is 47.6 Å². The van der Waals surface area contributed by atoms with Gasteiger partial charge in [0.05, 0.1) is 23.4 Å². The molecule has 3 rings (SSSR count). The number of thiophene rings is 1. The molecule has 0 aliphatic carbocycles. The van der Waals surface area contributed by atoms with Crippen LogP contribution >= 0.6 is 11.3 Å². The molecular formula is C18H18N4O2S. The first-order valence-corrected chi connectivity index (χ1v) is 8.50. The number of nitrogens with one attached hydrogen (secondary N) is 2. The summed E-state index contributed by atoms with van der Waals surface area (Å²) in [6.07, 6.45) is 0. The summed E-state index contributed by atoms with van der Waals surface area (Å²) in [4.78, 5) is 14.5. The largest absolute Gasteiger partial charge is 0.497 e. The predicted molar refractivity (Wildman–Crippen MR) is 99.3 cm³/mol. The van der Waals surface area contributed by atoms with Crippen LogP contribution in [-0.4, -0.2) is 28.9 Å². The number of carbonyl (C=O) groups is 1. The third-order valence-corrected chi connectivity index (χ3v) is 4.68. The van der Waals surface area contributed by atoms with Gasteiger partial charge in [-0.25, -0.2) is 5.43 Å². The van der Waals surface area contributed by atoms with Crippen LogP contribution in [0.5, 0.6) is 5.75 Å². The lowest BCUT2D eigenvalue weighted by atomic mass is 10.1. The smallest absolute Gasteiger partial charge is 0.291 e. The van der Waals surface area contributed by atoms with Crippen molar-refractivity contribution in [3.05, 3.63) is 58.6 Å². The SMILES string of the molecule is COc1ccc(C(C)=NNC(=O)c2cc(-c3ccc(C)s3)[nH]n2)cc1. The highest BCUT2D eigenvalue weighted by Crippen LogP contribution is 2.26. The van der Waals surface area contributed by atoms with Gasteiger partial charge < -0.3 is 4.74 Å². The van der Waals surface area contributed by atoms with Crippen molar-refractivity contribution < 1.29 is 9.53 Å². The number of methoxy groups -OCH3 is 1. The summed E-state index contributed by atoms with van der Waals surface area (Å²) in [6, 6.07) is 13.2. The highest BCUT2D eigenvalue weighted by atomic mass is 32.1. The van der Waals surface area contributed by atoms with Crippen molar-refractivity contribution in [2.24, 2.45) is 5.10 Å². The molecular weight excluding hydrogens is 336 g/mol. The number of rotatable bonds is 5. The van der Waals surface area contributed by atoms with Gasteiger partial charge in [0.1, 0.15) is 5.75 Å². The Morgan fingerprint density at radius 3 is 2.64 bits per heavy atom. The highest BCUT2D eigenvalue weighted by molar-refractivity contribution is 7.15. The summed E-state index contributed by atoms with van der Waals surface area (Å²) in [5, 5.41) is 11.1. The van der Waals surface area contributed by atoms with E-state index >= 15 is 0 Å². The number of aryl methyl sites for hydroxylation is 1. The first kappa shape index (κ1) is 16.9. The van der Waals surface area contributed by atoms with Crippen molar-refractivity contribution in [2.75, 3.05) is 7.11 Å². The van der Waals surface area contributed by atoms with Crippen LogP contribution in [0.25, 0.3) is 10.6 Å². The molecule has 1 aromatic carbocycles. The third kappa shape index (κ3) is 3.95. The van der Waals surface area contributed by atoms with E-state index in [0.29, 0.717) is 11.4 Å². The molecule has 2 aromatic heterocycles. The minimum absolute atomic E-state index is 0.298. The van der Waals surface area contributed by atoms with Crippen LogP contribution in [0.2, 0.25) is 0 Å². The molecule has 0 unspecified atom stereocenters. The topological polar surface area (TPSA) is 79.4 Å². The Kier molecular flexibility index (Phi) is 4.95. The maximum Gasteiger partial charge on any atom is 0.291 e. The molecule has 0 spiro atoms. The number of amides is 1. The van der Waals surface area contributed by atoms with E-state index in [1.165, 1.54) is 4.88 Å². The number of aromatic amines is 1. The van der Waals surface area contributed by atoms with Crippen molar-refractivity contribution in [1.29, 1.82) is 0 Å². The molecule has 2 heterocycles. The van der Waals surface area contributed by atoms with Crippen LogP contribution in [-0.2, 0) is 0 Å². The predicted octanol–water partition coefficient (Wildman–Crippen LogP) is 3.61. The molecule has 0 fully saturated rings. The zero-order valence-corrected chi connectivity index (χ0v) is 15.0. The van der Waals surface area contributed by atoms with E-state index in [4.69, 9.17) is 4.74 Å². The van der Waals surface area contributed by atoms with Gasteiger partial charge in [-0.15, -0.1) is 11.3 Å². The fourth-order valence-corrected chi connectivity index (χ4v) is 3.07. The van der Waals surface area contributed by atoms with Crippen molar-refractivity contribution >= 4 is 23.0 Å². The summed E-state index contributed by atoms with van der Waals surface area (Å²) >= 11 is 1.64. The van der Waals surface area contributed by atoms with Crippen molar-refractivity contribution in [1.82, 2.24) is 15.6 Å². The van der Waals surface area contributed by atoms with Gasteiger partial charge in [0.15, 0.2) is 5.69 Å². The lowest BCUT2D eigenvalue weighted by Crippen LogP contribution is -2.19. The van der Waals surface area contributed by atoms with Crippen LogP contribution in [0.3, 0.4) is 0 Å². The summed E-state index contributed by atoms with van der Waals surface area (Å²) in [7, 11) is 1.62. The van der Waals surface area contributed by atoms with E-state index in [1.807, 2.05) is 50.2 Å². The number of hydrogen-bond acceptors (Lipinski definition) is 5. The average molecular weight is 354 g/mol. The molecule has 1 amide bonds. The Labute approximate surface area is 149 Å². The number of nitrogens with zero attached hydrogens (tertiary/aromatic N) is 2. The lowest BCUT2D eigenvalue weighted by molar-refractivity contribution is 0.0950. The molecule has 2 N–H and O–H groups in total. The average Bonchev–Trinajstić information content (AvgIpc) is 3.28. The summed E-state index contributed by atoms with van der Waals surface area (Å²) in [5.74, 6) is 0.414. The van der Waals surface area contributed by atoms with E-state index in [1.54, 1.807) is 24.5 Å². The van der Waals surface area contributed by atoms with Crippen LogP contribution in [0.1, 0.15) is 27.9 Å². The van der Waals surface area contributed by atoms with Crippen LogP contribution in [0, 0.1) is 6.92 Å². The Hall–Kier alpha value is -2.93. The van der Waals surface area contributed by atoms with E-state index < -0.39 is 0 Å². The Bertz CT molecular complexity index is 909. The second-order valence-corrected chi connectivity index (χ2v) is 6.73. The maximum atomic E-state index is 12.2. The number of hydrogen-bond donors (Lipinski definition) is 2. The molecule has 0 bridgehead atoms. The Morgan fingerprint density at radius 1 is 1.24 bits per heavy atom. The fourth-order valence-electron chi connectivity index (χ4n) is 2.23. The molecule has 3 aromatic rings. The molecule has 0 atom stereocenters. The molecule has 0 radical (unpaired) electrons. The van der Waals surface area contributed by atoms with Gasteiger partial charge in [-0.3, -0.25) is 9.89 Å². The highest BCUT2D eigenvalue weighted by Gasteiger charge is 2.12. The van der Waals surface area contributed by atoms with Gasteiger partial charge in [0.2, 0.25) is 0 Å². The van der Waals surface area contributed by atoms with Crippen molar-refractivity contribution in [3.63, 3.8) is 0 Å². The monoisotopic (exact) mass is 354 g/mol. The number of aromatic nitrogens is 2. The van der Waals surface area contributed by atoms with Crippen LogP contribution in [0.4, 0.5) is 0 Å². The van der Waals surface area contributed by atoms with E-state index in [-0.39, 0.29) is 5.91 Å². The van der Waals surface area contributed by atoms with Crippen LogP contribution < -0.4 is 10.2 Å². The lowest BCUT2D eigenvalue weighted by Gasteiger charge is -2.03. The first-order chi connectivity index (χ1) is 12.1. The van der Waals surface area contributed by atoms with E-state index in [2.05, 4.69) is 20.7 Å². The quantitative estimate of drug-likeness (QED) is 0.543. The van der Waals surface area contributed by atoms with Gasteiger partial charge in [-0.05, 0) is 61.9 Å². The second-order valence-electron chi connectivity index (χ2n) is 5.44. The molecule has 128 valence electrons. The molecule has 0 aliphatic rings. The van der Waals surface area contributed by atoms with Gasteiger partial charge >= 0.3 is 0 Å². The molecule has 25 heavy (non-hydrogen) atoms. The minimum Gasteiger partial charge on any atom is -0.497 e. The molecule has 6 nitrogen and oxygen atoms in total. The van der Waals surface area contributed by atoms with Gasteiger partial charge in [-0.1, -0.05) is 0 Å². The third-order valence-electron chi connectivity index (χ3n) is 3.65. The molecule has 0 saturated heterocycles. The second kappa shape index (κ2) is 7.31. The Balaban J connectivity index is 1.68. The van der Waals surface area contributed by atoms with E-state index in [9.17, 15) is 4.79 Å². The molecule has 0 aliphatic heterocycles. The number of H-pyrrole nitrogens is 1. The first-order valence-electron chi connectivity index (χ1n) is 7.68. The van der Waals surface area contributed by atoms with Crippen molar-refractivity contribution in [3.8, 4) is 16.3 Å². The Morgan fingerprint density at radius 2 is 2.00 bits per heavy atom. The number of hydrazone groups is 1. The zero-order valence-electron chi connectivity index (χ0n) is 14.2. The number of carbonyl (C=O) groups excluding carboxylic acids is 1. The summed E-state index contributed by atoms with van der Waals surface area (Å²) in [6.45, 7) is 3.86. The van der Waals surface area contributed by atoms with Gasteiger partial charge in [0, 0.05) is 4.88 Å². The number of benzene rings is 1. The van der Waals surface area contributed by atoms with E-state index in [0.717, 1.165) is 21.9 Å². The normalized spacial score (nSPS) is 11.4. The zero-order chi connectivity index (χ0) is 17.8. The maximum absolute atomic E-state index is 12.2. The van der Waals surface area contributed by atoms with Gasteiger partial charge in [0.25, 0.3) is 5.91 Å². The molecule has 0 saturated carbocycles.